The number of halogens is 4. The average molecular weight is 301 g/mol. The van der Waals surface area contributed by atoms with Crippen LogP contribution in [-0.4, -0.2) is 37.8 Å². The average Bonchev–Trinajstić information content (AvgIpc) is 2.90. The van der Waals surface area contributed by atoms with E-state index in [1.807, 2.05) is 0 Å². The first-order chi connectivity index (χ1) is 10.0. The van der Waals surface area contributed by atoms with Crippen LogP contribution in [0.1, 0.15) is 5.82 Å². The minimum atomic E-state index is -4.72. The number of hydrogen-bond donors (Lipinski definition) is 0. The van der Waals surface area contributed by atoms with Gasteiger partial charge in [0.2, 0.25) is 11.5 Å². The maximum Gasteiger partial charge on any atom is 0.452 e. The molecule has 110 valence electrons. The lowest BCUT2D eigenvalue weighted by atomic mass is 10.4. The van der Waals surface area contributed by atoms with Crippen LogP contribution in [0.4, 0.5) is 17.6 Å². The normalized spacial score (nSPS) is 12.2. The summed E-state index contributed by atoms with van der Waals surface area (Å²) in [6.45, 7) is -1.15. The summed E-state index contributed by atoms with van der Waals surface area (Å²) in [5.74, 6) is -1.47. The molecule has 3 aromatic rings. The minimum absolute atomic E-state index is 0.0579. The fourth-order valence-corrected chi connectivity index (χ4v) is 1.85. The Hall–Kier alpha value is -2.52. The SMILES string of the molecule is FCCOc1nc2cccnc2n2c(C(F)(F)F)nnc12. The van der Waals surface area contributed by atoms with E-state index in [1.54, 1.807) is 0 Å². The third-order valence-electron chi connectivity index (χ3n) is 2.62. The van der Waals surface area contributed by atoms with Crippen LogP contribution in [0.15, 0.2) is 18.3 Å². The van der Waals surface area contributed by atoms with Crippen molar-refractivity contribution in [1.29, 1.82) is 0 Å². The molecular weight excluding hydrogens is 294 g/mol. The lowest BCUT2D eigenvalue weighted by Gasteiger charge is -2.09. The first-order valence-electron chi connectivity index (χ1n) is 5.78. The van der Waals surface area contributed by atoms with Gasteiger partial charge in [-0.3, -0.25) is 0 Å². The van der Waals surface area contributed by atoms with Crippen molar-refractivity contribution in [2.75, 3.05) is 13.3 Å². The monoisotopic (exact) mass is 301 g/mol. The highest BCUT2D eigenvalue weighted by Gasteiger charge is 2.38. The Morgan fingerprint density at radius 1 is 1.19 bits per heavy atom. The Balaban J connectivity index is 2.36. The van der Waals surface area contributed by atoms with E-state index in [4.69, 9.17) is 4.74 Å². The molecule has 0 aromatic carbocycles. The topological polar surface area (TPSA) is 65.2 Å². The van der Waals surface area contributed by atoms with Gasteiger partial charge in [-0.2, -0.15) is 13.2 Å². The fraction of sp³-hybridized carbons (Fsp3) is 0.273. The Morgan fingerprint density at radius 2 is 2.00 bits per heavy atom. The molecule has 21 heavy (non-hydrogen) atoms. The molecule has 0 fully saturated rings. The predicted octanol–water partition coefficient (Wildman–Crippen LogP) is 2.04. The number of aromatic nitrogens is 5. The van der Waals surface area contributed by atoms with Crippen LogP contribution in [0.25, 0.3) is 16.8 Å². The van der Waals surface area contributed by atoms with E-state index in [0.717, 1.165) is 0 Å². The Bertz CT molecular complexity index is 800. The lowest BCUT2D eigenvalue weighted by Crippen LogP contribution is -2.12. The van der Waals surface area contributed by atoms with Crippen LogP contribution in [0.3, 0.4) is 0 Å². The van der Waals surface area contributed by atoms with Gasteiger partial charge in [-0.05, 0) is 12.1 Å². The van der Waals surface area contributed by atoms with Crippen molar-refractivity contribution < 1.29 is 22.3 Å². The molecule has 0 saturated heterocycles. The molecule has 0 bridgehead atoms. The van der Waals surface area contributed by atoms with E-state index in [9.17, 15) is 17.6 Å². The molecule has 0 aliphatic rings. The second kappa shape index (κ2) is 4.79. The van der Waals surface area contributed by atoms with E-state index >= 15 is 0 Å². The first kappa shape index (κ1) is 13.5. The van der Waals surface area contributed by atoms with E-state index in [2.05, 4.69) is 20.2 Å². The molecule has 0 N–H and O–H groups in total. The van der Waals surface area contributed by atoms with E-state index in [1.165, 1.54) is 18.3 Å². The van der Waals surface area contributed by atoms with Crippen molar-refractivity contribution in [2.45, 2.75) is 6.18 Å². The third kappa shape index (κ3) is 2.22. The summed E-state index contributed by atoms with van der Waals surface area (Å²) in [5, 5.41) is 6.55. The zero-order chi connectivity index (χ0) is 15.0. The van der Waals surface area contributed by atoms with E-state index in [0.29, 0.717) is 4.40 Å². The first-order valence-corrected chi connectivity index (χ1v) is 5.78. The zero-order valence-corrected chi connectivity index (χ0v) is 10.3. The molecule has 3 rings (SSSR count). The standard InChI is InChI=1S/C11H7F4N5O/c12-3-5-21-9-8-18-19-10(11(13,14)15)20(8)7-6(17-9)2-1-4-16-7/h1-2,4H,3,5H2. The third-order valence-corrected chi connectivity index (χ3v) is 2.62. The quantitative estimate of drug-likeness (QED) is 0.693. The lowest BCUT2D eigenvalue weighted by molar-refractivity contribution is -0.145. The van der Waals surface area contributed by atoms with Gasteiger partial charge in [-0.1, -0.05) is 0 Å². The Kier molecular flexibility index (Phi) is 3.07. The highest BCUT2D eigenvalue weighted by atomic mass is 19.4. The molecule has 3 aromatic heterocycles. The number of nitrogens with zero attached hydrogens (tertiary/aromatic N) is 5. The molecule has 0 spiro atoms. The van der Waals surface area contributed by atoms with Gasteiger partial charge in [0.25, 0.3) is 5.88 Å². The van der Waals surface area contributed by atoms with E-state index < -0.39 is 18.7 Å². The summed E-state index contributed by atoms with van der Waals surface area (Å²) in [7, 11) is 0. The molecule has 0 unspecified atom stereocenters. The van der Waals surface area contributed by atoms with Gasteiger partial charge in [0.1, 0.15) is 18.8 Å². The molecule has 0 amide bonds. The number of fused-ring (bicyclic) bond motifs is 3. The predicted molar refractivity (Wildman–Crippen MR) is 62.6 cm³/mol. The second-order valence-electron chi connectivity index (χ2n) is 3.98. The maximum absolute atomic E-state index is 13.0. The summed E-state index contributed by atoms with van der Waals surface area (Å²) in [6.07, 6.45) is -3.39. The highest BCUT2D eigenvalue weighted by molar-refractivity contribution is 5.75. The molecule has 6 nitrogen and oxygen atoms in total. The maximum atomic E-state index is 13.0. The van der Waals surface area contributed by atoms with Crippen molar-refractivity contribution in [3.8, 4) is 5.88 Å². The van der Waals surface area contributed by atoms with Gasteiger partial charge < -0.3 is 4.74 Å². The van der Waals surface area contributed by atoms with Crippen LogP contribution in [-0.2, 0) is 6.18 Å². The van der Waals surface area contributed by atoms with Gasteiger partial charge in [-0.15, -0.1) is 10.2 Å². The summed E-state index contributed by atoms with van der Waals surface area (Å²) in [6, 6.07) is 2.97. The molecule has 10 heteroatoms. The van der Waals surface area contributed by atoms with Gasteiger partial charge >= 0.3 is 6.18 Å². The van der Waals surface area contributed by atoms with E-state index in [-0.39, 0.29) is 29.3 Å². The number of ether oxygens (including phenoxy) is 1. The molecule has 0 saturated carbocycles. The number of pyridine rings is 1. The minimum Gasteiger partial charge on any atom is -0.472 e. The van der Waals surface area contributed by atoms with Gasteiger partial charge in [0, 0.05) is 6.20 Å². The van der Waals surface area contributed by atoms with Gasteiger partial charge in [0.05, 0.1) is 0 Å². The summed E-state index contributed by atoms with van der Waals surface area (Å²) in [5.41, 5.74) is -0.163. The molecule has 3 heterocycles. The van der Waals surface area contributed by atoms with Gasteiger partial charge in [-0.25, -0.2) is 18.8 Å². The summed E-state index contributed by atoms with van der Waals surface area (Å²) >= 11 is 0. The van der Waals surface area contributed by atoms with Crippen molar-refractivity contribution in [3.05, 3.63) is 24.2 Å². The van der Waals surface area contributed by atoms with Crippen LogP contribution >= 0.6 is 0 Å². The number of hydrogen-bond acceptors (Lipinski definition) is 5. The molecule has 0 atom stereocenters. The summed E-state index contributed by atoms with van der Waals surface area (Å²) in [4.78, 5) is 7.86. The zero-order valence-electron chi connectivity index (χ0n) is 10.3. The number of alkyl halides is 4. The Morgan fingerprint density at radius 3 is 2.71 bits per heavy atom. The van der Waals surface area contributed by atoms with Crippen molar-refractivity contribution >= 4 is 16.8 Å². The second-order valence-corrected chi connectivity index (χ2v) is 3.98. The van der Waals surface area contributed by atoms with Crippen molar-refractivity contribution in [2.24, 2.45) is 0 Å². The van der Waals surface area contributed by atoms with Crippen LogP contribution < -0.4 is 4.74 Å². The highest BCUT2D eigenvalue weighted by Crippen LogP contribution is 2.31. The molecule has 0 radical (unpaired) electrons. The largest absolute Gasteiger partial charge is 0.472 e. The van der Waals surface area contributed by atoms with Crippen molar-refractivity contribution in [3.63, 3.8) is 0 Å². The smallest absolute Gasteiger partial charge is 0.452 e. The molecule has 0 aliphatic heterocycles. The Labute approximate surface area is 114 Å². The van der Waals surface area contributed by atoms with Crippen LogP contribution in [0.2, 0.25) is 0 Å². The van der Waals surface area contributed by atoms with Gasteiger partial charge in [0.15, 0.2) is 5.65 Å². The van der Waals surface area contributed by atoms with Crippen molar-refractivity contribution in [1.82, 2.24) is 24.6 Å². The molecular formula is C11H7F4N5O. The summed E-state index contributed by atoms with van der Waals surface area (Å²) < 4.78 is 56.9. The van der Waals surface area contributed by atoms with Crippen LogP contribution in [0.5, 0.6) is 5.88 Å². The number of rotatable bonds is 3. The molecule has 0 aliphatic carbocycles. The fourth-order valence-electron chi connectivity index (χ4n) is 1.85. The van der Waals surface area contributed by atoms with Crippen LogP contribution in [0, 0.1) is 0 Å².